The molecule has 1 fully saturated rings. The summed E-state index contributed by atoms with van der Waals surface area (Å²) in [5.41, 5.74) is 7.01. The van der Waals surface area contributed by atoms with E-state index in [9.17, 15) is 4.79 Å². The summed E-state index contributed by atoms with van der Waals surface area (Å²) in [5, 5.41) is 0. The minimum absolute atomic E-state index is 0.0949. The van der Waals surface area contributed by atoms with Crippen LogP contribution in [0.25, 0.3) is 0 Å². The van der Waals surface area contributed by atoms with Crippen LogP contribution in [0, 0.1) is 0 Å². The molecule has 0 bridgehead atoms. The molecule has 1 unspecified atom stereocenters. The molecule has 1 aliphatic heterocycles. The molecule has 0 saturated carbocycles. The van der Waals surface area contributed by atoms with Crippen molar-refractivity contribution in [3.63, 3.8) is 0 Å². The zero-order valence-electron chi connectivity index (χ0n) is 10.1. The number of carbonyl (C=O) groups is 1. The molecule has 0 spiro atoms. The van der Waals surface area contributed by atoms with Crippen molar-refractivity contribution < 1.29 is 9.53 Å². The van der Waals surface area contributed by atoms with Crippen LogP contribution in [0.5, 0.6) is 0 Å². The van der Waals surface area contributed by atoms with Gasteiger partial charge in [0.05, 0.1) is 19.3 Å². The first-order chi connectivity index (χ1) is 8.18. The Bertz CT molecular complexity index is 383. The molecule has 1 saturated heterocycles. The molecule has 4 nitrogen and oxygen atoms in total. The van der Waals surface area contributed by atoms with Crippen LogP contribution in [0.2, 0.25) is 0 Å². The zero-order valence-corrected chi connectivity index (χ0v) is 10.1. The van der Waals surface area contributed by atoms with Crippen molar-refractivity contribution in [1.29, 1.82) is 0 Å². The normalized spacial score (nSPS) is 18.9. The Morgan fingerprint density at radius 3 is 2.47 bits per heavy atom. The van der Waals surface area contributed by atoms with Gasteiger partial charge in [0.25, 0.3) is 0 Å². The third-order valence-electron chi connectivity index (χ3n) is 3.17. The predicted octanol–water partition coefficient (Wildman–Crippen LogP) is 1.17. The van der Waals surface area contributed by atoms with Gasteiger partial charge in [-0.05, 0) is 31.2 Å². The van der Waals surface area contributed by atoms with E-state index in [1.54, 1.807) is 24.3 Å². The number of anilines is 1. The van der Waals surface area contributed by atoms with Crippen molar-refractivity contribution in [3.05, 3.63) is 29.8 Å². The number of ketones is 1. The van der Waals surface area contributed by atoms with Crippen molar-refractivity contribution >= 4 is 11.5 Å². The number of rotatable bonds is 3. The van der Waals surface area contributed by atoms with Crippen LogP contribution in [-0.4, -0.2) is 43.0 Å². The highest BCUT2D eigenvalue weighted by Gasteiger charge is 2.23. The van der Waals surface area contributed by atoms with Gasteiger partial charge in [0.15, 0.2) is 5.78 Å². The highest BCUT2D eigenvalue weighted by atomic mass is 16.5. The van der Waals surface area contributed by atoms with E-state index in [4.69, 9.17) is 10.5 Å². The number of carbonyl (C=O) groups excluding carboxylic acids is 1. The summed E-state index contributed by atoms with van der Waals surface area (Å²) in [6, 6.07) is 7.00. The molecule has 2 rings (SSSR count). The first-order valence-electron chi connectivity index (χ1n) is 5.90. The largest absolute Gasteiger partial charge is 0.399 e. The topological polar surface area (TPSA) is 55.6 Å². The molecule has 1 heterocycles. The summed E-state index contributed by atoms with van der Waals surface area (Å²) in [7, 11) is 0. The molecule has 4 heteroatoms. The molecule has 92 valence electrons. The maximum Gasteiger partial charge on any atom is 0.179 e. The van der Waals surface area contributed by atoms with Crippen LogP contribution in [0.1, 0.15) is 17.3 Å². The van der Waals surface area contributed by atoms with E-state index in [0.29, 0.717) is 18.9 Å². The molecule has 1 aromatic carbocycles. The second-order valence-corrected chi connectivity index (χ2v) is 4.31. The van der Waals surface area contributed by atoms with Gasteiger partial charge in [0, 0.05) is 24.3 Å². The molecule has 0 amide bonds. The molecule has 1 aliphatic rings. The number of nitrogens with two attached hydrogens (primary N) is 1. The quantitative estimate of drug-likeness (QED) is 0.630. The standard InChI is InChI=1S/C13H18N2O2/c1-10(15-6-8-17-9-7-15)13(16)11-2-4-12(14)5-3-11/h2-5,10H,6-9,14H2,1H3. The number of benzene rings is 1. The first kappa shape index (κ1) is 12.1. The van der Waals surface area contributed by atoms with Crippen molar-refractivity contribution in [2.45, 2.75) is 13.0 Å². The summed E-state index contributed by atoms with van der Waals surface area (Å²) >= 11 is 0. The van der Waals surface area contributed by atoms with Crippen molar-refractivity contribution in [2.75, 3.05) is 32.0 Å². The molecule has 0 aromatic heterocycles. The summed E-state index contributed by atoms with van der Waals surface area (Å²) < 4.78 is 5.28. The van der Waals surface area contributed by atoms with Crippen LogP contribution in [0.15, 0.2) is 24.3 Å². The average Bonchev–Trinajstić information content (AvgIpc) is 2.39. The smallest absolute Gasteiger partial charge is 0.179 e. The number of morpholine rings is 1. The maximum atomic E-state index is 12.2. The molecular weight excluding hydrogens is 216 g/mol. The molecule has 0 radical (unpaired) electrons. The lowest BCUT2D eigenvalue weighted by atomic mass is 10.0. The van der Waals surface area contributed by atoms with E-state index in [2.05, 4.69) is 4.90 Å². The number of nitrogen functional groups attached to an aromatic ring is 1. The minimum atomic E-state index is -0.0949. The van der Waals surface area contributed by atoms with Crippen LogP contribution in [0.4, 0.5) is 5.69 Å². The van der Waals surface area contributed by atoms with Crippen LogP contribution >= 0.6 is 0 Å². The van der Waals surface area contributed by atoms with Gasteiger partial charge in [0.2, 0.25) is 0 Å². The monoisotopic (exact) mass is 234 g/mol. The van der Waals surface area contributed by atoms with Crippen LogP contribution in [0.3, 0.4) is 0 Å². The molecule has 2 N–H and O–H groups in total. The van der Waals surface area contributed by atoms with Crippen LogP contribution < -0.4 is 5.73 Å². The molecule has 17 heavy (non-hydrogen) atoms. The average molecular weight is 234 g/mol. The fourth-order valence-corrected chi connectivity index (χ4v) is 2.02. The second kappa shape index (κ2) is 5.29. The Hall–Kier alpha value is -1.39. The Balaban J connectivity index is 2.05. The van der Waals surface area contributed by atoms with Crippen molar-refractivity contribution in [3.8, 4) is 0 Å². The van der Waals surface area contributed by atoms with E-state index < -0.39 is 0 Å². The van der Waals surface area contributed by atoms with Crippen LogP contribution in [-0.2, 0) is 4.74 Å². The number of Topliss-reactive ketones (excluding diaryl/α,β-unsaturated/α-hetero) is 1. The van der Waals surface area contributed by atoms with Gasteiger partial charge < -0.3 is 10.5 Å². The third-order valence-corrected chi connectivity index (χ3v) is 3.17. The lowest BCUT2D eigenvalue weighted by Gasteiger charge is -2.31. The van der Waals surface area contributed by atoms with Gasteiger partial charge >= 0.3 is 0 Å². The molecular formula is C13H18N2O2. The molecule has 0 aliphatic carbocycles. The number of ether oxygens (including phenoxy) is 1. The summed E-state index contributed by atoms with van der Waals surface area (Å²) in [5.74, 6) is 0.145. The lowest BCUT2D eigenvalue weighted by Crippen LogP contribution is -2.45. The number of hydrogen-bond donors (Lipinski definition) is 1. The number of nitrogens with zero attached hydrogens (tertiary/aromatic N) is 1. The number of hydrogen-bond acceptors (Lipinski definition) is 4. The Labute approximate surface area is 101 Å². The van der Waals surface area contributed by atoms with E-state index in [-0.39, 0.29) is 11.8 Å². The second-order valence-electron chi connectivity index (χ2n) is 4.31. The Morgan fingerprint density at radius 2 is 1.88 bits per heavy atom. The fourth-order valence-electron chi connectivity index (χ4n) is 2.02. The van der Waals surface area contributed by atoms with Crippen molar-refractivity contribution in [2.24, 2.45) is 0 Å². The van der Waals surface area contributed by atoms with E-state index in [1.807, 2.05) is 6.92 Å². The highest BCUT2D eigenvalue weighted by Crippen LogP contribution is 2.12. The third kappa shape index (κ3) is 2.84. The van der Waals surface area contributed by atoms with E-state index in [1.165, 1.54) is 0 Å². The first-order valence-corrected chi connectivity index (χ1v) is 5.90. The van der Waals surface area contributed by atoms with Crippen molar-refractivity contribution in [1.82, 2.24) is 4.90 Å². The predicted molar refractivity (Wildman–Crippen MR) is 67.0 cm³/mol. The summed E-state index contributed by atoms with van der Waals surface area (Å²) in [6.07, 6.45) is 0. The van der Waals surface area contributed by atoms with Gasteiger partial charge in [-0.1, -0.05) is 0 Å². The zero-order chi connectivity index (χ0) is 12.3. The minimum Gasteiger partial charge on any atom is -0.399 e. The lowest BCUT2D eigenvalue weighted by molar-refractivity contribution is 0.0208. The van der Waals surface area contributed by atoms with Gasteiger partial charge in [0.1, 0.15) is 0 Å². The summed E-state index contributed by atoms with van der Waals surface area (Å²) in [6.45, 7) is 5.01. The van der Waals surface area contributed by atoms with Gasteiger partial charge in [-0.2, -0.15) is 0 Å². The Morgan fingerprint density at radius 1 is 1.29 bits per heavy atom. The summed E-state index contributed by atoms with van der Waals surface area (Å²) in [4.78, 5) is 14.4. The SMILES string of the molecule is CC(C(=O)c1ccc(N)cc1)N1CCOCC1. The Kier molecular flexibility index (Phi) is 3.76. The highest BCUT2D eigenvalue weighted by molar-refractivity contribution is 6.00. The van der Waals surface area contributed by atoms with Gasteiger partial charge in [-0.25, -0.2) is 0 Å². The maximum absolute atomic E-state index is 12.2. The van der Waals surface area contributed by atoms with E-state index in [0.717, 1.165) is 18.7 Å². The van der Waals surface area contributed by atoms with Gasteiger partial charge in [-0.15, -0.1) is 0 Å². The van der Waals surface area contributed by atoms with Gasteiger partial charge in [-0.3, -0.25) is 9.69 Å². The molecule has 1 aromatic rings. The van der Waals surface area contributed by atoms with E-state index >= 15 is 0 Å². The fraction of sp³-hybridized carbons (Fsp3) is 0.462. The molecule has 1 atom stereocenters.